The molecule has 0 amide bonds. The van der Waals surface area contributed by atoms with Crippen LogP contribution in [0.5, 0.6) is 0 Å². The number of carboxylic acids is 1. The molecule has 1 unspecified atom stereocenters. The first-order chi connectivity index (χ1) is 7.21. The fraction of sp³-hybridized carbons (Fsp3) is 0.556. The smallest absolute Gasteiger partial charge is 0.435 e. The van der Waals surface area contributed by atoms with E-state index >= 15 is 0 Å². The molecule has 0 radical (unpaired) electrons. The molecule has 0 aliphatic rings. The Bertz CT molecular complexity index is 398. The third-order valence-corrected chi connectivity index (χ3v) is 2.14. The van der Waals surface area contributed by atoms with Gasteiger partial charge in [-0.1, -0.05) is 6.92 Å². The van der Waals surface area contributed by atoms with Crippen molar-refractivity contribution in [3.05, 3.63) is 17.5 Å². The van der Waals surface area contributed by atoms with Crippen LogP contribution in [0.4, 0.5) is 13.2 Å². The largest absolute Gasteiger partial charge is 0.481 e. The number of hydrogen-bond acceptors (Lipinski definition) is 2. The van der Waals surface area contributed by atoms with Gasteiger partial charge in [-0.05, 0) is 5.92 Å². The van der Waals surface area contributed by atoms with E-state index in [-0.39, 0.29) is 12.0 Å². The van der Waals surface area contributed by atoms with Crippen molar-refractivity contribution in [2.75, 3.05) is 0 Å². The first-order valence-corrected chi connectivity index (χ1v) is 4.54. The zero-order chi connectivity index (χ0) is 12.5. The van der Waals surface area contributed by atoms with Crippen molar-refractivity contribution in [2.24, 2.45) is 7.05 Å². The maximum Gasteiger partial charge on any atom is 0.435 e. The van der Waals surface area contributed by atoms with E-state index in [2.05, 4.69) is 5.10 Å². The van der Waals surface area contributed by atoms with Crippen molar-refractivity contribution < 1.29 is 23.1 Å². The summed E-state index contributed by atoms with van der Waals surface area (Å²) in [6, 6.07) is 0. The van der Waals surface area contributed by atoms with Crippen LogP contribution in [-0.4, -0.2) is 20.9 Å². The minimum absolute atomic E-state index is 0.0857. The topological polar surface area (TPSA) is 55.1 Å². The lowest BCUT2D eigenvalue weighted by Gasteiger charge is -2.10. The van der Waals surface area contributed by atoms with Crippen LogP contribution in [0.3, 0.4) is 0 Å². The zero-order valence-electron chi connectivity index (χ0n) is 8.75. The molecule has 0 bridgehead atoms. The minimum atomic E-state index is -4.55. The normalized spacial score (nSPS) is 13.8. The van der Waals surface area contributed by atoms with Gasteiger partial charge in [0.1, 0.15) is 0 Å². The molecule has 16 heavy (non-hydrogen) atoms. The van der Waals surface area contributed by atoms with E-state index in [4.69, 9.17) is 5.11 Å². The van der Waals surface area contributed by atoms with Crippen molar-refractivity contribution >= 4 is 5.97 Å². The molecule has 0 saturated carbocycles. The number of aliphatic carboxylic acids is 1. The van der Waals surface area contributed by atoms with Gasteiger partial charge in [0, 0.05) is 18.8 Å². The van der Waals surface area contributed by atoms with E-state index in [1.165, 1.54) is 20.2 Å². The first-order valence-electron chi connectivity index (χ1n) is 4.54. The van der Waals surface area contributed by atoms with Gasteiger partial charge < -0.3 is 5.11 Å². The Morgan fingerprint density at radius 1 is 1.62 bits per heavy atom. The first kappa shape index (κ1) is 12.5. The minimum Gasteiger partial charge on any atom is -0.481 e. The second-order valence-corrected chi connectivity index (χ2v) is 3.60. The van der Waals surface area contributed by atoms with Gasteiger partial charge >= 0.3 is 12.1 Å². The Morgan fingerprint density at radius 3 is 2.62 bits per heavy atom. The summed E-state index contributed by atoms with van der Waals surface area (Å²) in [7, 11) is 1.37. The summed E-state index contributed by atoms with van der Waals surface area (Å²) in [5, 5.41) is 11.8. The Kier molecular flexibility index (Phi) is 3.25. The number of hydrogen-bond donors (Lipinski definition) is 1. The molecule has 0 aliphatic carbocycles. The number of carbonyl (C=O) groups is 1. The number of aromatic nitrogens is 2. The van der Waals surface area contributed by atoms with Crippen LogP contribution in [0.25, 0.3) is 0 Å². The number of halogens is 3. The summed E-state index contributed by atoms with van der Waals surface area (Å²) in [6.07, 6.45) is -3.70. The fourth-order valence-electron chi connectivity index (χ4n) is 1.46. The fourth-order valence-corrected chi connectivity index (χ4v) is 1.46. The Balaban J connectivity index is 3.08. The third kappa shape index (κ3) is 2.74. The van der Waals surface area contributed by atoms with Crippen LogP contribution >= 0.6 is 0 Å². The van der Waals surface area contributed by atoms with E-state index in [1.54, 1.807) is 0 Å². The molecule has 0 saturated heterocycles. The number of aryl methyl sites for hydroxylation is 1. The molecule has 4 nitrogen and oxygen atoms in total. The Hall–Kier alpha value is -1.53. The van der Waals surface area contributed by atoms with Gasteiger partial charge in [0.25, 0.3) is 0 Å². The molecule has 1 rings (SSSR count). The summed E-state index contributed by atoms with van der Waals surface area (Å²) in [4.78, 5) is 10.4. The number of nitrogens with zero attached hydrogens (tertiary/aromatic N) is 2. The van der Waals surface area contributed by atoms with E-state index in [0.717, 1.165) is 4.68 Å². The van der Waals surface area contributed by atoms with E-state index in [1.807, 2.05) is 0 Å². The molecule has 7 heteroatoms. The molecular formula is C9H11F3N2O2. The lowest BCUT2D eigenvalue weighted by molar-refractivity contribution is -0.143. The van der Waals surface area contributed by atoms with Gasteiger partial charge in [-0.2, -0.15) is 18.3 Å². The van der Waals surface area contributed by atoms with Crippen molar-refractivity contribution in [1.82, 2.24) is 9.78 Å². The van der Waals surface area contributed by atoms with Gasteiger partial charge in [-0.25, -0.2) is 0 Å². The molecule has 0 fully saturated rings. The standard InChI is InChI=1S/C9H11F3N2O2/c1-5(3-7(15)16)6-4-14(2)13-8(6)9(10,11)12/h4-5H,3H2,1-2H3,(H,15,16). The van der Waals surface area contributed by atoms with Crippen LogP contribution in [0.15, 0.2) is 6.20 Å². The molecule has 0 aliphatic heterocycles. The van der Waals surface area contributed by atoms with Crippen LogP contribution < -0.4 is 0 Å². The highest BCUT2D eigenvalue weighted by Crippen LogP contribution is 2.34. The maximum atomic E-state index is 12.5. The molecule has 0 spiro atoms. The molecule has 90 valence electrons. The Morgan fingerprint density at radius 2 is 2.19 bits per heavy atom. The van der Waals surface area contributed by atoms with Crippen LogP contribution in [0.1, 0.15) is 30.5 Å². The highest BCUT2D eigenvalue weighted by Gasteiger charge is 2.38. The maximum absolute atomic E-state index is 12.5. The molecule has 1 atom stereocenters. The molecule has 1 aromatic rings. The Labute approximate surface area is 89.7 Å². The van der Waals surface area contributed by atoms with E-state index in [9.17, 15) is 18.0 Å². The molecule has 1 aromatic heterocycles. The number of rotatable bonds is 3. The van der Waals surface area contributed by atoms with Crippen molar-refractivity contribution in [1.29, 1.82) is 0 Å². The predicted octanol–water partition coefficient (Wildman–Crippen LogP) is 2.02. The van der Waals surface area contributed by atoms with Gasteiger partial charge in [-0.15, -0.1) is 0 Å². The highest BCUT2D eigenvalue weighted by atomic mass is 19.4. The van der Waals surface area contributed by atoms with E-state index in [0.29, 0.717) is 0 Å². The van der Waals surface area contributed by atoms with Crippen molar-refractivity contribution in [3.63, 3.8) is 0 Å². The average molecular weight is 236 g/mol. The molecule has 0 aromatic carbocycles. The van der Waals surface area contributed by atoms with Gasteiger partial charge in [-0.3, -0.25) is 9.48 Å². The number of carboxylic acid groups (broad SMARTS) is 1. The second kappa shape index (κ2) is 4.15. The summed E-state index contributed by atoms with van der Waals surface area (Å²) >= 11 is 0. The summed E-state index contributed by atoms with van der Waals surface area (Å²) < 4.78 is 38.6. The molecular weight excluding hydrogens is 225 g/mol. The van der Waals surface area contributed by atoms with Crippen molar-refractivity contribution in [2.45, 2.75) is 25.4 Å². The predicted molar refractivity (Wildman–Crippen MR) is 48.9 cm³/mol. The monoisotopic (exact) mass is 236 g/mol. The van der Waals surface area contributed by atoms with Crippen LogP contribution in [0.2, 0.25) is 0 Å². The lowest BCUT2D eigenvalue weighted by Crippen LogP contribution is -2.12. The highest BCUT2D eigenvalue weighted by molar-refractivity contribution is 5.68. The van der Waals surface area contributed by atoms with Crippen LogP contribution in [0, 0.1) is 0 Å². The van der Waals surface area contributed by atoms with Gasteiger partial charge in [0.2, 0.25) is 0 Å². The van der Waals surface area contributed by atoms with Gasteiger partial charge in [0.15, 0.2) is 5.69 Å². The lowest BCUT2D eigenvalue weighted by atomic mass is 9.98. The quantitative estimate of drug-likeness (QED) is 0.873. The molecule has 1 heterocycles. The second-order valence-electron chi connectivity index (χ2n) is 3.60. The summed E-state index contributed by atoms with van der Waals surface area (Å²) in [5.74, 6) is -1.85. The molecule has 1 N–H and O–H groups in total. The third-order valence-electron chi connectivity index (χ3n) is 2.14. The number of alkyl halides is 3. The van der Waals surface area contributed by atoms with Gasteiger partial charge in [0.05, 0.1) is 6.42 Å². The summed E-state index contributed by atoms with van der Waals surface area (Å²) in [6.45, 7) is 1.43. The van der Waals surface area contributed by atoms with Crippen LogP contribution in [-0.2, 0) is 18.0 Å². The van der Waals surface area contributed by atoms with Crippen molar-refractivity contribution in [3.8, 4) is 0 Å². The van der Waals surface area contributed by atoms with E-state index < -0.39 is 23.8 Å². The zero-order valence-corrected chi connectivity index (χ0v) is 8.75. The average Bonchev–Trinajstić information content (AvgIpc) is 2.45. The SMILES string of the molecule is CC(CC(=O)O)c1cn(C)nc1C(F)(F)F. The summed E-state index contributed by atoms with van der Waals surface area (Å²) in [5.41, 5.74) is -1.10.